The van der Waals surface area contributed by atoms with Gasteiger partial charge >= 0.3 is 0 Å². The van der Waals surface area contributed by atoms with Crippen molar-refractivity contribution < 1.29 is 0 Å². The van der Waals surface area contributed by atoms with Gasteiger partial charge in [0.25, 0.3) is 0 Å². The lowest BCUT2D eigenvalue weighted by molar-refractivity contribution is 0.674. The Bertz CT molecular complexity index is 178. The van der Waals surface area contributed by atoms with Crippen molar-refractivity contribution in [2.24, 2.45) is 0 Å². The molecule has 0 aromatic rings. The second-order valence-electron chi connectivity index (χ2n) is 2.93. The Kier molecular flexibility index (Phi) is 8.68. The summed E-state index contributed by atoms with van der Waals surface area (Å²) in [5.41, 5.74) is 1.32. The van der Waals surface area contributed by atoms with Gasteiger partial charge in [-0.25, -0.2) is 0 Å². The lowest BCUT2D eigenvalue weighted by Crippen LogP contribution is -2.13. The second-order valence-corrected chi connectivity index (χ2v) is 2.93. The lowest BCUT2D eigenvalue weighted by atomic mass is 10.1. The van der Waals surface area contributed by atoms with Gasteiger partial charge in [0, 0.05) is 0 Å². The molecule has 1 nitrogen and oxygen atoms in total. The van der Waals surface area contributed by atoms with E-state index in [0.29, 0.717) is 0 Å². The fourth-order valence-corrected chi connectivity index (χ4v) is 1.07. The molecule has 0 bridgehead atoms. The van der Waals surface area contributed by atoms with Crippen LogP contribution in [0, 0.1) is 0 Å². The molecule has 0 spiro atoms. The summed E-state index contributed by atoms with van der Waals surface area (Å²) in [7, 11) is 0. The molecule has 0 atom stereocenters. The molecule has 0 rings (SSSR count). The van der Waals surface area contributed by atoms with E-state index >= 15 is 0 Å². The van der Waals surface area contributed by atoms with Crippen molar-refractivity contribution in [3.63, 3.8) is 0 Å². The van der Waals surface area contributed by atoms with Gasteiger partial charge in [-0.2, -0.15) is 0 Å². The Morgan fingerprint density at radius 2 is 2.23 bits per heavy atom. The molecule has 0 fully saturated rings. The van der Waals surface area contributed by atoms with E-state index in [4.69, 9.17) is 0 Å². The molecule has 0 heterocycles. The molecule has 0 radical (unpaired) electrons. The van der Waals surface area contributed by atoms with Gasteiger partial charge in [0.1, 0.15) is 0 Å². The predicted octanol–water partition coefficient (Wildman–Crippen LogP) is 3.06. The van der Waals surface area contributed by atoms with Crippen LogP contribution in [0.25, 0.3) is 0 Å². The summed E-state index contributed by atoms with van der Waals surface area (Å²) < 4.78 is 0. The third-order valence-electron chi connectivity index (χ3n) is 1.83. The van der Waals surface area contributed by atoms with Gasteiger partial charge in [0.05, 0.1) is 0 Å². The topological polar surface area (TPSA) is 12.0 Å². The normalized spacial score (nSPS) is 12.3. The molecule has 13 heavy (non-hydrogen) atoms. The molecule has 1 heteroatoms. The van der Waals surface area contributed by atoms with Crippen LogP contribution in [-0.2, 0) is 0 Å². The monoisotopic (exact) mass is 179 g/mol. The first-order valence-electron chi connectivity index (χ1n) is 5.00. The number of rotatable bonds is 7. The minimum absolute atomic E-state index is 1.06. The first-order valence-corrected chi connectivity index (χ1v) is 5.00. The predicted molar refractivity (Wildman–Crippen MR) is 60.9 cm³/mol. The van der Waals surface area contributed by atoms with Crippen LogP contribution in [0.3, 0.4) is 0 Å². The Labute approximate surface area is 82.2 Å². The van der Waals surface area contributed by atoms with Crippen molar-refractivity contribution in [1.82, 2.24) is 5.32 Å². The zero-order chi connectivity index (χ0) is 9.94. The highest BCUT2D eigenvalue weighted by atomic mass is 14.8. The molecule has 0 unspecified atom stereocenters. The standard InChI is InChI=1S/C12H21N/c1-4-7-9-12(5-2)10-8-11-13-6-3/h4-5,7,9,13H,2,6,8,10-11H2,1,3H3/b7-4-,12-9+. The van der Waals surface area contributed by atoms with Gasteiger partial charge in [0.15, 0.2) is 0 Å². The molecule has 1 N–H and O–H groups in total. The SMILES string of the molecule is C=C/C(=C\C=C/C)CCCNCC. The molecule has 0 amide bonds. The zero-order valence-corrected chi connectivity index (χ0v) is 8.84. The zero-order valence-electron chi connectivity index (χ0n) is 8.84. The van der Waals surface area contributed by atoms with E-state index in [-0.39, 0.29) is 0 Å². The van der Waals surface area contributed by atoms with E-state index in [0.717, 1.165) is 19.5 Å². The van der Waals surface area contributed by atoms with Gasteiger partial charge in [-0.3, -0.25) is 0 Å². The number of nitrogens with one attached hydrogen (secondary N) is 1. The average molecular weight is 179 g/mol. The molecule has 0 saturated carbocycles. The lowest BCUT2D eigenvalue weighted by Gasteiger charge is -2.01. The fourth-order valence-electron chi connectivity index (χ4n) is 1.07. The van der Waals surface area contributed by atoms with Crippen LogP contribution >= 0.6 is 0 Å². The first kappa shape index (κ1) is 12.2. The maximum atomic E-state index is 3.79. The summed E-state index contributed by atoms with van der Waals surface area (Å²) in [6.45, 7) is 10.1. The third-order valence-corrected chi connectivity index (χ3v) is 1.83. The van der Waals surface area contributed by atoms with Gasteiger partial charge in [-0.15, -0.1) is 0 Å². The molecular formula is C12H21N. The number of allylic oxidation sites excluding steroid dienone is 5. The molecule has 0 aliphatic carbocycles. The smallest absolute Gasteiger partial charge is 0.00459 e. The number of hydrogen-bond donors (Lipinski definition) is 1. The van der Waals surface area contributed by atoms with Crippen LogP contribution in [-0.4, -0.2) is 13.1 Å². The summed E-state index contributed by atoms with van der Waals surface area (Å²) in [6.07, 6.45) is 10.5. The summed E-state index contributed by atoms with van der Waals surface area (Å²) >= 11 is 0. The minimum Gasteiger partial charge on any atom is -0.317 e. The summed E-state index contributed by atoms with van der Waals surface area (Å²) in [5, 5.41) is 3.30. The number of hydrogen-bond acceptors (Lipinski definition) is 1. The minimum atomic E-state index is 1.06. The summed E-state index contributed by atoms with van der Waals surface area (Å²) in [5.74, 6) is 0. The van der Waals surface area contributed by atoms with E-state index in [1.54, 1.807) is 0 Å². The summed E-state index contributed by atoms with van der Waals surface area (Å²) in [4.78, 5) is 0. The quantitative estimate of drug-likeness (QED) is 0.468. The van der Waals surface area contributed by atoms with Crippen molar-refractivity contribution in [2.45, 2.75) is 26.7 Å². The first-order chi connectivity index (χ1) is 6.35. The highest BCUT2D eigenvalue weighted by molar-refractivity contribution is 5.21. The van der Waals surface area contributed by atoms with Crippen LogP contribution in [0.15, 0.2) is 36.5 Å². The second kappa shape index (κ2) is 9.27. The van der Waals surface area contributed by atoms with Crippen LogP contribution in [0.5, 0.6) is 0 Å². The van der Waals surface area contributed by atoms with Crippen molar-refractivity contribution in [3.05, 3.63) is 36.5 Å². The van der Waals surface area contributed by atoms with E-state index in [1.807, 2.05) is 19.1 Å². The highest BCUT2D eigenvalue weighted by Gasteiger charge is 1.90. The maximum Gasteiger partial charge on any atom is -0.00459 e. The Hall–Kier alpha value is -0.820. The van der Waals surface area contributed by atoms with Crippen LogP contribution < -0.4 is 5.32 Å². The molecule has 0 saturated heterocycles. The van der Waals surface area contributed by atoms with Gasteiger partial charge in [-0.05, 0) is 38.4 Å². The van der Waals surface area contributed by atoms with Crippen molar-refractivity contribution >= 4 is 0 Å². The van der Waals surface area contributed by atoms with E-state index in [9.17, 15) is 0 Å². The molecular weight excluding hydrogens is 158 g/mol. The molecule has 0 aromatic carbocycles. The third kappa shape index (κ3) is 7.54. The van der Waals surface area contributed by atoms with Crippen LogP contribution in [0.4, 0.5) is 0 Å². The molecule has 0 aromatic heterocycles. The molecule has 74 valence electrons. The largest absolute Gasteiger partial charge is 0.317 e. The molecule has 0 aliphatic rings. The van der Waals surface area contributed by atoms with Gasteiger partial charge < -0.3 is 5.32 Å². The molecule has 0 aliphatic heterocycles. The van der Waals surface area contributed by atoms with Crippen LogP contribution in [0.2, 0.25) is 0 Å². The highest BCUT2D eigenvalue weighted by Crippen LogP contribution is 2.05. The Morgan fingerprint density at radius 1 is 1.46 bits per heavy atom. The van der Waals surface area contributed by atoms with Gasteiger partial charge in [-0.1, -0.05) is 37.8 Å². The maximum absolute atomic E-state index is 3.79. The fraction of sp³-hybridized carbons (Fsp3) is 0.500. The average Bonchev–Trinajstić information content (AvgIpc) is 2.17. The van der Waals surface area contributed by atoms with E-state index < -0.39 is 0 Å². The van der Waals surface area contributed by atoms with Crippen LogP contribution in [0.1, 0.15) is 26.7 Å². The summed E-state index contributed by atoms with van der Waals surface area (Å²) in [6, 6.07) is 0. The van der Waals surface area contributed by atoms with E-state index in [1.165, 1.54) is 12.0 Å². The van der Waals surface area contributed by atoms with Crippen molar-refractivity contribution in [2.75, 3.05) is 13.1 Å². The van der Waals surface area contributed by atoms with E-state index in [2.05, 4.69) is 31.0 Å². The van der Waals surface area contributed by atoms with Crippen molar-refractivity contribution in [3.8, 4) is 0 Å². The Balaban J connectivity index is 3.65. The van der Waals surface area contributed by atoms with Gasteiger partial charge in [0.2, 0.25) is 0 Å². The Morgan fingerprint density at radius 3 is 2.77 bits per heavy atom. The van der Waals surface area contributed by atoms with Crippen molar-refractivity contribution in [1.29, 1.82) is 0 Å².